The first-order valence-corrected chi connectivity index (χ1v) is 4.94. The number of nitriles is 1. The van der Waals surface area contributed by atoms with Crippen LogP contribution in [0.3, 0.4) is 0 Å². The molecule has 0 amide bonds. The van der Waals surface area contributed by atoms with E-state index in [0.29, 0.717) is 18.9 Å². The van der Waals surface area contributed by atoms with Gasteiger partial charge < -0.3 is 9.47 Å². The van der Waals surface area contributed by atoms with Crippen molar-refractivity contribution < 1.29 is 9.47 Å². The standard InChI is InChI=1S/C11H12N2O2/c12-6-9-2-1-3-10(13-9)7-15-11-4-5-14-8-11/h1-3,11H,4-5,7-8H2. The minimum atomic E-state index is 0.178. The van der Waals surface area contributed by atoms with E-state index < -0.39 is 0 Å². The Morgan fingerprint density at radius 3 is 3.27 bits per heavy atom. The predicted octanol–water partition coefficient (Wildman–Crippen LogP) is 1.26. The predicted molar refractivity (Wildman–Crippen MR) is 53.0 cm³/mol. The van der Waals surface area contributed by atoms with Gasteiger partial charge in [0, 0.05) is 6.61 Å². The molecule has 1 unspecified atom stereocenters. The van der Waals surface area contributed by atoms with Crippen LogP contribution in [0.4, 0.5) is 0 Å². The highest BCUT2D eigenvalue weighted by Gasteiger charge is 2.15. The van der Waals surface area contributed by atoms with Crippen molar-refractivity contribution in [3.63, 3.8) is 0 Å². The average molecular weight is 204 g/mol. The first-order valence-electron chi connectivity index (χ1n) is 4.94. The lowest BCUT2D eigenvalue weighted by Crippen LogP contribution is -2.12. The van der Waals surface area contributed by atoms with E-state index in [1.165, 1.54) is 0 Å². The Hall–Kier alpha value is -1.44. The minimum Gasteiger partial charge on any atom is -0.379 e. The number of ether oxygens (including phenoxy) is 2. The van der Waals surface area contributed by atoms with Gasteiger partial charge in [0.05, 0.1) is 25.0 Å². The summed E-state index contributed by atoms with van der Waals surface area (Å²) in [6.45, 7) is 1.89. The molecule has 0 aromatic carbocycles. The summed E-state index contributed by atoms with van der Waals surface area (Å²) in [7, 11) is 0. The van der Waals surface area contributed by atoms with E-state index in [0.717, 1.165) is 18.7 Å². The van der Waals surface area contributed by atoms with Crippen molar-refractivity contribution >= 4 is 0 Å². The van der Waals surface area contributed by atoms with E-state index in [4.69, 9.17) is 14.7 Å². The molecule has 0 bridgehead atoms. The molecule has 2 rings (SSSR count). The lowest BCUT2D eigenvalue weighted by atomic mass is 10.3. The third-order valence-corrected chi connectivity index (χ3v) is 2.28. The summed E-state index contributed by atoms with van der Waals surface area (Å²) in [5, 5.41) is 8.67. The van der Waals surface area contributed by atoms with Gasteiger partial charge in [-0.3, -0.25) is 0 Å². The molecule has 2 heterocycles. The van der Waals surface area contributed by atoms with Gasteiger partial charge in [-0.05, 0) is 18.6 Å². The maximum absolute atomic E-state index is 8.67. The van der Waals surface area contributed by atoms with Crippen molar-refractivity contribution in [1.82, 2.24) is 4.98 Å². The molecule has 1 saturated heterocycles. The lowest BCUT2D eigenvalue weighted by Gasteiger charge is -2.08. The van der Waals surface area contributed by atoms with Crippen LogP contribution in [0.25, 0.3) is 0 Å². The fourth-order valence-electron chi connectivity index (χ4n) is 1.47. The Labute approximate surface area is 88.5 Å². The van der Waals surface area contributed by atoms with Crippen LogP contribution in [0.15, 0.2) is 18.2 Å². The van der Waals surface area contributed by atoms with Crippen LogP contribution in [0.1, 0.15) is 17.8 Å². The van der Waals surface area contributed by atoms with E-state index >= 15 is 0 Å². The van der Waals surface area contributed by atoms with Crippen molar-refractivity contribution in [2.75, 3.05) is 13.2 Å². The second kappa shape index (κ2) is 4.87. The van der Waals surface area contributed by atoms with Crippen molar-refractivity contribution in [3.8, 4) is 6.07 Å². The van der Waals surface area contributed by atoms with Gasteiger partial charge in [-0.2, -0.15) is 5.26 Å². The van der Waals surface area contributed by atoms with Crippen LogP contribution in [0.5, 0.6) is 0 Å². The monoisotopic (exact) mass is 204 g/mol. The molecule has 0 spiro atoms. The molecule has 4 heteroatoms. The quantitative estimate of drug-likeness (QED) is 0.743. The van der Waals surface area contributed by atoms with Crippen LogP contribution in [0.2, 0.25) is 0 Å². The maximum Gasteiger partial charge on any atom is 0.140 e. The van der Waals surface area contributed by atoms with Gasteiger partial charge in [-0.15, -0.1) is 0 Å². The molecule has 1 aromatic rings. The number of pyridine rings is 1. The molecule has 1 fully saturated rings. The summed E-state index contributed by atoms with van der Waals surface area (Å²) in [5.74, 6) is 0. The highest BCUT2D eigenvalue weighted by atomic mass is 16.5. The third-order valence-electron chi connectivity index (χ3n) is 2.28. The molecule has 4 nitrogen and oxygen atoms in total. The molecular weight excluding hydrogens is 192 g/mol. The number of aromatic nitrogens is 1. The summed E-state index contributed by atoms with van der Waals surface area (Å²) in [6, 6.07) is 7.36. The van der Waals surface area contributed by atoms with Gasteiger partial charge in [0.15, 0.2) is 0 Å². The topological polar surface area (TPSA) is 55.1 Å². The molecule has 78 valence electrons. The summed E-state index contributed by atoms with van der Waals surface area (Å²) in [6.07, 6.45) is 1.12. The van der Waals surface area contributed by atoms with Crippen molar-refractivity contribution in [2.24, 2.45) is 0 Å². The molecule has 1 aliphatic rings. The molecule has 0 radical (unpaired) electrons. The molecule has 1 aliphatic heterocycles. The van der Waals surface area contributed by atoms with Crippen molar-refractivity contribution in [1.29, 1.82) is 5.26 Å². The SMILES string of the molecule is N#Cc1cccc(COC2CCOC2)n1. The van der Waals surface area contributed by atoms with E-state index in [9.17, 15) is 0 Å². The summed E-state index contributed by atoms with van der Waals surface area (Å²) in [4.78, 5) is 4.13. The van der Waals surface area contributed by atoms with Gasteiger partial charge in [0.2, 0.25) is 0 Å². The number of hydrogen-bond donors (Lipinski definition) is 0. The Morgan fingerprint density at radius 1 is 1.60 bits per heavy atom. The Morgan fingerprint density at radius 2 is 2.53 bits per heavy atom. The van der Waals surface area contributed by atoms with Gasteiger partial charge in [0.25, 0.3) is 0 Å². The number of hydrogen-bond acceptors (Lipinski definition) is 4. The molecule has 0 N–H and O–H groups in total. The molecular formula is C11H12N2O2. The highest BCUT2D eigenvalue weighted by molar-refractivity contribution is 5.21. The fraction of sp³-hybridized carbons (Fsp3) is 0.455. The average Bonchev–Trinajstić information content (AvgIpc) is 2.79. The second-order valence-electron chi connectivity index (χ2n) is 3.42. The van der Waals surface area contributed by atoms with Gasteiger partial charge in [-0.25, -0.2) is 4.98 Å². The number of nitrogens with zero attached hydrogens (tertiary/aromatic N) is 2. The Bertz CT molecular complexity index is 367. The van der Waals surface area contributed by atoms with Crippen molar-refractivity contribution in [2.45, 2.75) is 19.1 Å². The van der Waals surface area contributed by atoms with E-state index in [2.05, 4.69) is 4.98 Å². The third kappa shape index (κ3) is 2.75. The van der Waals surface area contributed by atoms with Crippen LogP contribution in [0, 0.1) is 11.3 Å². The van der Waals surface area contributed by atoms with Gasteiger partial charge >= 0.3 is 0 Å². The second-order valence-corrected chi connectivity index (χ2v) is 3.42. The van der Waals surface area contributed by atoms with Gasteiger partial charge in [0.1, 0.15) is 11.8 Å². The lowest BCUT2D eigenvalue weighted by molar-refractivity contribution is 0.0301. The summed E-state index contributed by atoms with van der Waals surface area (Å²) < 4.78 is 10.8. The van der Waals surface area contributed by atoms with Crippen LogP contribution in [-0.2, 0) is 16.1 Å². The molecule has 1 atom stereocenters. The van der Waals surface area contributed by atoms with E-state index in [1.54, 1.807) is 6.07 Å². The van der Waals surface area contributed by atoms with Crippen molar-refractivity contribution in [3.05, 3.63) is 29.6 Å². The minimum absolute atomic E-state index is 0.178. The molecule has 0 saturated carbocycles. The maximum atomic E-state index is 8.67. The smallest absolute Gasteiger partial charge is 0.140 e. The summed E-state index contributed by atoms with van der Waals surface area (Å²) in [5.41, 5.74) is 1.22. The fourth-order valence-corrected chi connectivity index (χ4v) is 1.47. The normalized spacial score (nSPS) is 20.1. The first kappa shape index (κ1) is 10.1. The zero-order chi connectivity index (χ0) is 10.5. The highest BCUT2D eigenvalue weighted by Crippen LogP contribution is 2.10. The number of rotatable bonds is 3. The zero-order valence-electron chi connectivity index (χ0n) is 8.35. The first-order chi connectivity index (χ1) is 7.38. The van der Waals surface area contributed by atoms with Crippen LogP contribution < -0.4 is 0 Å². The molecule has 1 aromatic heterocycles. The van der Waals surface area contributed by atoms with E-state index in [1.807, 2.05) is 18.2 Å². The van der Waals surface area contributed by atoms with Crippen LogP contribution in [-0.4, -0.2) is 24.3 Å². The molecule has 15 heavy (non-hydrogen) atoms. The zero-order valence-corrected chi connectivity index (χ0v) is 8.35. The summed E-state index contributed by atoms with van der Waals surface area (Å²) >= 11 is 0. The van der Waals surface area contributed by atoms with Gasteiger partial charge in [-0.1, -0.05) is 6.07 Å². The largest absolute Gasteiger partial charge is 0.379 e. The van der Waals surface area contributed by atoms with E-state index in [-0.39, 0.29) is 6.10 Å². The molecule has 0 aliphatic carbocycles. The Kier molecular flexibility index (Phi) is 3.28. The van der Waals surface area contributed by atoms with Crippen LogP contribution >= 0.6 is 0 Å². The Balaban J connectivity index is 1.90.